The van der Waals surface area contributed by atoms with E-state index in [1.807, 2.05) is 27.7 Å². The minimum absolute atomic E-state index is 0.0252. The van der Waals surface area contributed by atoms with Crippen molar-refractivity contribution in [1.29, 1.82) is 6.69 Å². The fraction of sp³-hybridized carbons (Fsp3) is 0.857. The Kier molecular flexibility index (Phi) is 16.6. The van der Waals surface area contributed by atoms with Crippen LogP contribution in [-0.2, 0) is 23.4 Å². The summed E-state index contributed by atoms with van der Waals surface area (Å²) in [6.45, 7) is 11.1. The minimum Gasteiger partial charge on any atom is -0.394 e. The van der Waals surface area contributed by atoms with Gasteiger partial charge in [0.1, 0.15) is 11.9 Å². The van der Waals surface area contributed by atoms with Crippen LogP contribution in [0.4, 0.5) is 0 Å². The number of ether oxygens (including phenoxy) is 1. The molecule has 31 heavy (non-hydrogen) atoms. The number of aliphatic hydroxyl groups excluding tert-OH is 1. The van der Waals surface area contributed by atoms with Crippen molar-refractivity contribution in [3.8, 4) is 6.07 Å². The predicted octanol–water partition coefficient (Wildman–Crippen LogP) is 2.92. The van der Waals surface area contributed by atoms with Crippen molar-refractivity contribution in [3.63, 3.8) is 0 Å². The molecule has 0 aliphatic carbocycles. The Labute approximate surface area is 189 Å². The Hall–Kier alpha value is -1.14. The fourth-order valence-corrected chi connectivity index (χ4v) is 4.42. The van der Waals surface area contributed by atoms with E-state index < -0.39 is 14.6 Å². The van der Waals surface area contributed by atoms with Crippen LogP contribution < -0.4 is 5.32 Å². The van der Waals surface area contributed by atoms with Gasteiger partial charge >= 0.3 is 0 Å². The molecule has 2 N–H and O–H groups in total. The Balaban J connectivity index is 4.49. The Morgan fingerprint density at radius 1 is 1.19 bits per heavy atom. The molecule has 0 spiro atoms. The molecule has 0 aromatic rings. The van der Waals surface area contributed by atoms with Crippen molar-refractivity contribution in [2.24, 2.45) is 0 Å². The van der Waals surface area contributed by atoms with E-state index in [2.05, 4.69) is 21.2 Å². The molecule has 0 saturated heterocycles. The second-order valence-electron chi connectivity index (χ2n) is 7.77. The number of Topliss-reactive ketones (excluding diaryl/α,β-unsaturated/α-hetero) is 1. The second-order valence-corrected chi connectivity index (χ2v) is 9.18. The standard InChI is InChI=1S/C21H40N3O6P/c1-17(2)24(18(3)4)31(29-14-7-11-22)30-20(15-25)16-28-13-8-12-23-21(27)10-6-9-19(5)26/h17-18,20,25H,6-10,12-16H2,1-5H3,(H,23,27)/i25D. The summed E-state index contributed by atoms with van der Waals surface area (Å²) < 4.78 is 26.9. The van der Waals surface area contributed by atoms with Gasteiger partial charge in [-0.3, -0.25) is 4.79 Å². The summed E-state index contributed by atoms with van der Waals surface area (Å²) in [5.74, 6) is 0.0151. The van der Waals surface area contributed by atoms with E-state index in [4.69, 9.17) is 20.5 Å². The summed E-state index contributed by atoms with van der Waals surface area (Å²) in [4.78, 5) is 22.6. The summed E-state index contributed by atoms with van der Waals surface area (Å²) in [6, 6.07) is 2.40. The van der Waals surface area contributed by atoms with Gasteiger partial charge in [0.15, 0.2) is 0 Å². The van der Waals surface area contributed by atoms with E-state index in [-0.39, 0.29) is 50.0 Å². The maximum absolute atomic E-state index is 11.7. The fourth-order valence-electron chi connectivity index (χ4n) is 2.73. The van der Waals surface area contributed by atoms with Crippen molar-refractivity contribution >= 4 is 20.2 Å². The summed E-state index contributed by atoms with van der Waals surface area (Å²) >= 11 is 0. The lowest BCUT2D eigenvalue weighted by Gasteiger charge is -2.37. The number of ketones is 1. The first-order valence-corrected chi connectivity index (χ1v) is 12.0. The number of nitrogens with zero attached hydrogens (tertiary/aromatic N) is 2. The number of hydrogen-bond donors (Lipinski definition) is 2. The lowest BCUT2D eigenvalue weighted by atomic mass is 10.2. The molecule has 0 rings (SSSR count). The molecular formula is C21H40N3O6P. The molecule has 10 heteroatoms. The van der Waals surface area contributed by atoms with Crippen LogP contribution in [-0.4, -0.2) is 74.1 Å². The molecular weight excluding hydrogens is 421 g/mol. The van der Waals surface area contributed by atoms with Gasteiger partial charge < -0.3 is 29.0 Å². The molecule has 1 amide bonds. The number of aliphatic hydroxyl groups is 1. The van der Waals surface area contributed by atoms with Crippen molar-refractivity contribution in [1.82, 2.24) is 9.99 Å². The van der Waals surface area contributed by atoms with E-state index in [0.717, 1.165) is 0 Å². The van der Waals surface area contributed by atoms with Crippen LogP contribution in [0.25, 0.3) is 0 Å². The average Bonchev–Trinajstić information content (AvgIpc) is 2.69. The maximum atomic E-state index is 11.7. The molecule has 0 aliphatic heterocycles. The summed E-state index contributed by atoms with van der Waals surface area (Å²) in [7, 11) is -1.45. The van der Waals surface area contributed by atoms with Gasteiger partial charge in [-0.05, 0) is 47.5 Å². The Morgan fingerprint density at radius 3 is 2.48 bits per heavy atom. The first kappa shape index (κ1) is 27.9. The largest absolute Gasteiger partial charge is 0.394 e. The van der Waals surface area contributed by atoms with Gasteiger partial charge in [0.25, 0.3) is 8.53 Å². The van der Waals surface area contributed by atoms with E-state index in [1.165, 1.54) is 6.92 Å². The zero-order chi connectivity index (χ0) is 24.4. The first-order valence-electron chi connectivity index (χ1n) is 11.3. The van der Waals surface area contributed by atoms with E-state index >= 15 is 0 Å². The molecule has 0 radical (unpaired) electrons. The third-order valence-corrected chi connectivity index (χ3v) is 6.29. The quantitative estimate of drug-likeness (QED) is 0.209. The highest BCUT2D eigenvalue weighted by Gasteiger charge is 2.29. The second kappa shape index (κ2) is 18.4. The van der Waals surface area contributed by atoms with Crippen molar-refractivity contribution in [3.05, 3.63) is 0 Å². The highest BCUT2D eigenvalue weighted by molar-refractivity contribution is 7.44. The van der Waals surface area contributed by atoms with E-state index in [1.54, 1.807) is 0 Å². The molecule has 2 unspecified atom stereocenters. The normalized spacial score (nSPS) is 13.8. The van der Waals surface area contributed by atoms with E-state index in [0.29, 0.717) is 38.8 Å². The molecule has 0 aromatic carbocycles. The van der Waals surface area contributed by atoms with Crippen LogP contribution in [0.3, 0.4) is 0 Å². The number of hydrogen-bond acceptors (Lipinski definition) is 8. The third kappa shape index (κ3) is 15.3. The zero-order valence-corrected chi connectivity index (χ0v) is 20.5. The van der Waals surface area contributed by atoms with Crippen LogP contribution in [0, 0.1) is 11.3 Å². The molecule has 0 bridgehead atoms. The van der Waals surface area contributed by atoms with Gasteiger partial charge in [-0.15, -0.1) is 0 Å². The van der Waals surface area contributed by atoms with Gasteiger partial charge in [-0.2, -0.15) is 5.26 Å². The number of nitriles is 1. The summed E-state index contributed by atoms with van der Waals surface area (Å²) in [5, 5.41) is 16.2. The monoisotopic (exact) mass is 462 g/mol. The number of rotatable bonds is 20. The molecule has 180 valence electrons. The molecule has 0 aliphatic rings. The van der Waals surface area contributed by atoms with Gasteiger partial charge in [-0.1, -0.05) is 0 Å². The maximum Gasteiger partial charge on any atom is 0.259 e. The molecule has 0 aromatic heterocycles. The number of amides is 1. The zero-order valence-electron chi connectivity index (χ0n) is 20.6. The van der Waals surface area contributed by atoms with Crippen LogP contribution in [0.5, 0.6) is 0 Å². The summed E-state index contributed by atoms with van der Waals surface area (Å²) in [5.41, 5.74) is 0. The van der Waals surface area contributed by atoms with Gasteiger partial charge in [0.2, 0.25) is 7.34 Å². The van der Waals surface area contributed by atoms with Crippen molar-refractivity contribution < 1.29 is 28.5 Å². The topological polar surface area (TPSA) is 121 Å². The van der Waals surface area contributed by atoms with Crippen LogP contribution in [0.15, 0.2) is 0 Å². The van der Waals surface area contributed by atoms with Crippen LogP contribution >= 0.6 is 8.53 Å². The number of carbonyl (C=O) groups excluding carboxylic acids is 2. The highest BCUT2D eigenvalue weighted by Crippen LogP contribution is 2.47. The predicted molar refractivity (Wildman–Crippen MR) is 120 cm³/mol. The van der Waals surface area contributed by atoms with Crippen LogP contribution in [0.1, 0.15) is 66.7 Å². The van der Waals surface area contributed by atoms with Gasteiger partial charge in [0, 0.05) is 38.1 Å². The Morgan fingerprint density at radius 2 is 1.90 bits per heavy atom. The summed E-state index contributed by atoms with van der Waals surface area (Å²) in [6.07, 6.45) is 1.72. The molecule has 0 fully saturated rings. The number of carbonyl (C=O) groups is 2. The molecule has 0 heterocycles. The van der Waals surface area contributed by atoms with Gasteiger partial charge in [-0.25, -0.2) is 4.67 Å². The van der Waals surface area contributed by atoms with Gasteiger partial charge in [0.05, 0.1) is 32.3 Å². The molecule has 2 atom stereocenters. The third-order valence-electron chi connectivity index (χ3n) is 4.11. The van der Waals surface area contributed by atoms with Crippen molar-refractivity contribution in [2.75, 3.05) is 33.0 Å². The Bertz CT molecular complexity index is 554. The molecule has 9 nitrogen and oxygen atoms in total. The smallest absolute Gasteiger partial charge is 0.259 e. The molecule has 0 saturated carbocycles. The number of nitrogens with one attached hydrogen (secondary N) is 1. The lowest BCUT2D eigenvalue weighted by Crippen LogP contribution is -2.36. The average molecular weight is 463 g/mol. The van der Waals surface area contributed by atoms with Crippen molar-refractivity contribution in [2.45, 2.75) is 84.9 Å². The highest BCUT2D eigenvalue weighted by atomic mass is 31.2. The lowest BCUT2D eigenvalue weighted by molar-refractivity contribution is -0.121. The van der Waals surface area contributed by atoms with Crippen LogP contribution in [0.2, 0.25) is 0 Å². The minimum atomic E-state index is -1.45. The SMILES string of the molecule is [2H]OCC(COCCCNC(=O)CCCC(C)=O)OP(OCCC#N)N(C(C)C)C(C)C. The van der Waals surface area contributed by atoms with E-state index in [9.17, 15) is 9.59 Å². The first-order chi connectivity index (χ1) is 15.2.